The van der Waals surface area contributed by atoms with Crippen LogP contribution in [0.2, 0.25) is 0 Å². The van der Waals surface area contributed by atoms with Gasteiger partial charge in [-0.05, 0) is 18.9 Å². The van der Waals surface area contributed by atoms with Crippen LogP contribution in [0.3, 0.4) is 0 Å². The second-order valence-corrected chi connectivity index (χ2v) is 16.7. The van der Waals surface area contributed by atoms with Gasteiger partial charge in [0.1, 0.15) is 42.9 Å². The Morgan fingerprint density at radius 1 is 1.20 bits per heavy atom. The summed E-state index contributed by atoms with van der Waals surface area (Å²) in [5.74, 6) is -0.948. The van der Waals surface area contributed by atoms with E-state index in [1.54, 1.807) is 7.05 Å². The molecule has 278 valence electrons. The van der Waals surface area contributed by atoms with Crippen molar-refractivity contribution in [1.82, 2.24) is 39.4 Å². The van der Waals surface area contributed by atoms with Crippen LogP contribution in [0.5, 0.6) is 0 Å². The van der Waals surface area contributed by atoms with Crippen LogP contribution in [0.4, 0.5) is 15.0 Å². The Kier molecular flexibility index (Phi) is 11.5. The van der Waals surface area contributed by atoms with E-state index in [4.69, 9.17) is 44.1 Å². The number of fused-ring (bicyclic) bond motifs is 3. The minimum Gasteiger partial charge on any atom is -0.448 e. The lowest BCUT2D eigenvalue weighted by Gasteiger charge is -2.31. The summed E-state index contributed by atoms with van der Waals surface area (Å²) in [6, 6.07) is 0. The number of hydrogen-bond donors (Lipinski definition) is 6. The largest absolute Gasteiger partial charge is 0.448 e. The molecule has 6 rings (SSSR count). The number of amides is 1. The van der Waals surface area contributed by atoms with E-state index in [9.17, 15) is 28.5 Å². The van der Waals surface area contributed by atoms with Gasteiger partial charge >= 0.3 is 19.6 Å². The number of methoxy groups -OCH3 is 1. The average molecular weight is 796 g/mol. The fourth-order valence-electron chi connectivity index (χ4n) is 5.38. The number of thiol groups is 1. The lowest BCUT2D eigenvalue weighted by atomic mass is 10.2. The number of aliphatic hydroxyl groups is 1. The summed E-state index contributed by atoms with van der Waals surface area (Å²) in [5.41, 5.74) is -0.643. The van der Waals surface area contributed by atoms with Gasteiger partial charge in [0.2, 0.25) is 0 Å². The molecule has 8 atom stereocenters. The SMILES string of the molecule is CNCCOC(=O)Nc1ncnc2c1ncn2[C@H]1C[C@@H]2OP(O)(=S)OC[C@@H](OC)[C@@H](O)[C@H](n3cc(F)c4c(=O)[nH]cnc43)OP(=O)(S)OC[C@H]2O1. The smallest absolute Gasteiger partial charge is 0.412 e. The number of rotatable bonds is 7. The fourth-order valence-corrected chi connectivity index (χ4v) is 8.24. The van der Waals surface area contributed by atoms with Gasteiger partial charge in [0.05, 0.1) is 32.0 Å². The molecular formula is C25H32FN9O12P2S2. The molecule has 4 aromatic rings. The fraction of sp³-hybridized carbons (Fsp3) is 0.520. The molecule has 2 fully saturated rings. The van der Waals surface area contributed by atoms with E-state index in [1.165, 1.54) is 24.3 Å². The van der Waals surface area contributed by atoms with Gasteiger partial charge in [-0.25, -0.2) is 33.7 Å². The molecule has 2 unspecified atom stereocenters. The maximum Gasteiger partial charge on any atom is 0.412 e. The molecule has 6 heterocycles. The number of aliphatic hydroxyl groups excluding tert-OH is 1. The number of carbonyl (C=O) groups excluding carboxylic acids is 1. The number of imidazole rings is 1. The molecule has 0 spiro atoms. The minimum atomic E-state index is -4.49. The van der Waals surface area contributed by atoms with Gasteiger partial charge in [-0.15, -0.1) is 0 Å². The zero-order chi connectivity index (χ0) is 36.5. The second-order valence-electron chi connectivity index (χ2n) is 11.0. The highest BCUT2D eigenvalue weighted by Crippen LogP contribution is 2.58. The van der Waals surface area contributed by atoms with Crippen LogP contribution < -0.4 is 16.2 Å². The average Bonchev–Trinajstić information content (AvgIpc) is 3.78. The first-order valence-electron chi connectivity index (χ1n) is 15.0. The third-order valence-corrected chi connectivity index (χ3v) is 11.0. The van der Waals surface area contributed by atoms with Gasteiger partial charge in [0, 0.05) is 26.3 Å². The molecule has 51 heavy (non-hydrogen) atoms. The van der Waals surface area contributed by atoms with Crippen LogP contribution in [-0.4, -0.2) is 115 Å². The van der Waals surface area contributed by atoms with Crippen molar-refractivity contribution in [2.45, 2.75) is 43.3 Å². The van der Waals surface area contributed by atoms with E-state index in [0.717, 1.165) is 17.1 Å². The Hall–Kier alpha value is -2.96. The number of ether oxygens (including phenoxy) is 3. The van der Waals surface area contributed by atoms with Crippen molar-refractivity contribution in [2.75, 3.05) is 45.8 Å². The van der Waals surface area contributed by atoms with Crippen LogP contribution in [-0.2, 0) is 48.7 Å². The van der Waals surface area contributed by atoms with E-state index < -0.39 is 86.5 Å². The van der Waals surface area contributed by atoms with Crippen LogP contribution in [0.15, 0.2) is 30.0 Å². The molecule has 5 N–H and O–H groups in total. The van der Waals surface area contributed by atoms with Crippen molar-refractivity contribution in [1.29, 1.82) is 0 Å². The van der Waals surface area contributed by atoms with E-state index in [0.29, 0.717) is 6.54 Å². The summed E-state index contributed by atoms with van der Waals surface area (Å²) in [6.45, 7) is -9.16. The zero-order valence-electron chi connectivity index (χ0n) is 26.6. The predicted octanol–water partition coefficient (Wildman–Crippen LogP) is 1.34. The monoisotopic (exact) mass is 795 g/mol. The summed E-state index contributed by atoms with van der Waals surface area (Å²) in [5, 5.41) is 16.3. The third-order valence-electron chi connectivity index (χ3n) is 7.79. The van der Waals surface area contributed by atoms with Crippen molar-refractivity contribution in [2.24, 2.45) is 0 Å². The molecular weight excluding hydrogens is 763 g/mol. The number of anilines is 1. The first-order valence-corrected chi connectivity index (χ1v) is 20.3. The topological polar surface area (TPSA) is 258 Å². The maximum absolute atomic E-state index is 14.9. The van der Waals surface area contributed by atoms with Gasteiger partial charge in [0.15, 0.2) is 34.7 Å². The molecule has 0 aliphatic carbocycles. The highest BCUT2D eigenvalue weighted by molar-refractivity contribution is 8.44. The molecule has 0 radical (unpaired) electrons. The number of aromatic nitrogens is 7. The van der Waals surface area contributed by atoms with Crippen LogP contribution in [0.25, 0.3) is 22.2 Å². The Morgan fingerprint density at radius 2 is 2.00 bits per heavy atom. The first kappa shape index (κ1) is 37.8. The van der Waals surface area contributed by atoms with E-state index in [-0.39, 0.29) is 35.7 Å². The first-order chi connectivity index (χ1) is 24.3. The summed E-state index contributed by atoms with van der Waals surface area (Å²) in [6.07, 6.45) is -4.37. The van der Waals surface area contributed by atoms with Crippen molar-refractivity contribution in [3.63, 3.8) is 0 Å². The normalized spacial score (nSPS) is 30.7. The highest BCUT2D eigenvalue weighted by atomic mass is 32.7. The third kappa shape index (κ3) is 8.33. The Balaban J connectivity index is 1.28. The molecule has 26 heteroatoms. The summed E-state index contributed by atoms with van der Waals surface area (Å²) in [7, 11) is 2.91. The van der Waals surface area contributed by atoms with Crippen molar-refractivity contribution >= 4 is 71.7 Å². The molecule has 2 saturated heterocycles. The van der Waals surface area contributed by atoms with Crippen LogP contribution in [0, 0.1) is 5.82 Å². The molecule has 21 nitrogen and oxygen atoms in total. The quantitative estimate of drug-likeness (QED) is 0.0876. The molecule has 2 aliphatic rings. The van der Waals surface area contributed by atoms with E-state index in [2.05, 4.69) is 47.8 Å². The maximum atomic E-state index is 14.9. The van der Waals surface area contributed by atoms with Crippen molar-refractivity contribution in [3.8, 4) is 0 Å². The number of aromatic amines is 1. The van der Waals surface area contributed by atoms with E-state index in [1.807, 2.05) is 0 Å². The molecule has 2 aliphatic heterocycles. The summed E-state index contributed by atoms with van der Waals surface area (Å²) in [4.78, 5) is 54.6. The Morgan fingerprint density at radius 3 is 2.76 bits per heavy atom. The van der Waals surface area contributed by atoms with Gasteiger partial charge in [-0.3, -0.25) is 28.3 Å². The number of nitrogens with zero attached hydrogens (tertiary/aromatic N) is 6. The minimum absolute atomic E-state index is 0.00611. The second kappa shape index (κ2) is 15.6. The highest BCUT2D eigenvalue weighted by Gasteiger charge is 2.45. The standard InChI is InChI=1S/C25H32FN9O12P2S2/c1-27-3-4-42-25(38)33-20-18-22(30-9-28-20)35(11-32-18)16-5-13-14(45-16)7-43-49(40,51)47-24(19(36)15(41-2)8-44-48(39,50)46-13)34-6-12(26)17-21(34)29-10-31-23(17)37/h6,9-11,13-16,19,24,27,36H,3-5,7-8H2,1-2H3,(H,39,50)(H,40,51)(H,29,31,37)(H,28,30,33,38)/t13-,14+,15+,16+,19+,24+,48?,49?/m0/s1. The Labute approximate surface area is 297 Å². The lowest BCUT2D eigenvalue weighted by molar-refractivity contribution is -0.106. The van der Waals surface area contributed by atoms with Crippen molar-refractivity contribution < 1.29 is 56.1 Å². The molecule has 0 aromatic carbocycles. The van der Waals surface area contributed by atoms with Crippen LogP contribution >= 0.6 is 25.8 Å². The molecule has 4 aromatic heterocycles. The number of hydrogen-bond acceptors (Lipinski definition) is 17. The van der Waals surface area contributed by atoms with Gasteiger partial charge in [-0.2, -0.15) is 0 Å². The number of carbonyl (C=O) groups is 1. The number of H-pyrrole nitrogens is 1. The van der Waals surface area contributed by atoms with Gasteiger partial charge in [0.25, 0.3) is 5.56 Å². The zero-order valence-corrected chi connectivity index (χ0v) is 30.1. The summed E-state index contributed by atoms with van der Waals surface area (Å²) >= 11 is 9.36. The van der Waals surface area contributed by atoms with Crippen molar-refractivity contribution in [3.05, 3.63) is 41.3 Å². The molecule has 0 bridgehead atoms. The number of nitrogens with one attached hydrogen (secondary N) is 3. The summed E-state index contributed by atoms with van der Waals surface area (Å²) < 4.78 is 70.4. The van der Waals surface area contributed by atoms with Gasteiger partial charge in [-0.1, -0.05) is 12.2 Å². The molecule has 1 amide bonds. The lowest BCUT2D eigenvalue weighted by Crippen LogP contribution is -2.40. The van der Waals surface area contributed by atoms with Crippen LogP contribution in [0.1, 0.15) is 18.9 Å². The number of halogens is 1. The molecule has 0 saturated carbocycles. The van der Waals surface area contributed by atoms with E-state index >= 15 is 0 Å². The number of likely N-dealkylation sites (N-methyl/N-ethyl adjacent to an activating group) is 1. The Bertz CT molecular complexity index is 2060. The van der Waals surface area contributed by atoms with Gasteiger partial charge < -0.3 is 43.6 Å². The predicted molar refractivity (Wildman–Crippen MR) is 180 cm³/mol.